The average Bonchev–Trinajstić information content (AvgIpc) is 2.65. The summed E-state index contributed by atoms with van der Waals surface area (Å²) in [7, 11) is 0. The van der Waals surface area contributed by atoms with E-state index >= 15 is 0 Å². The van der Waals surface area contributed by atoms with Crippen molar-refractivity contribution < 1.29 is 22.7 Å². The molecule has 0 radical (unpaired) electrons. The molecule has 0 aromatic heterocycles. The highest BCUT2D eigenvalue weighted by atomic mass is 19.4. The number of para-hydroxylation sites is 1. The summed E-state index contributed by atoms with van der Waals surface area (Å²) in [6.45, 7) is 6.91. The fourth-order valence-electron chi connectivity index (χ4n) is 2.46. The number of ether oxygens (including phenoxy) is 1. The number of benzene rings is 1. The Kier molecular flexibility index (Phi) is 10.2. The zero-order valence-corrected chi connectivity index (χ0v) is 16.6. The lowest BCUT2D eigenvalue weighted by Crippen LogP contribution is -2.40. The summed E-state index contributed by atoms with van der Waals surface area (Å²) in [6.07, 6.45) is -4.07. The number of guanidine groups is 1. The summed E-state index contributed by atoms with van der Waals surface area (Å²) in [6, 6.07) is 6.48. The van der Waals surface area contributed by atoms with E-state index in [4.69, 9.17) is 4.74 Å². The molecule has 0 unspecified atom stereocenters. The maximum atomic E-state index is 12.4. The third-order valence-corrected chi connectivity index (χ3v) is 3.86. The van der Waals surface area contributed by atoms with Crippen LogP contribution in [-0.4, -0.2) is 55.7 Å². The molecule has 0 saturated heterocycles. The summed E-state index contributed by atoms with van der Waals surface area (Å²) in [5, 5.41) is 6.12. The molecule has 1 aromatic rings. The molecule has 0 saturated carbocycles. The minimum atomic E-state index is -4.40. The van der Waals surface area contributed by atoms with Crippen molar-refractivity contribution in [1.82, 2.24) is 15.5 Å². The van der Waals surface area contributed by atoms with Crippen molar-refractivity contribution in [3.8, 4) is 5.75 Å². The molecule has 158 valence electrons. The predicted molar refractivity (Wildman–Crippen MR) is 103 cm³/mol. The van der Waals surface area contributed by atoms with Crippen molar-refractivity contribution in [3.63, 3.8) is 0 Å². The van der Waals surface area contributed by atoms with E-state index in [1.165, 1.54) is 6.07 Å². The van der Waals surface area contributed by atoms with Crippen LogP contribution < -0.4 is 15.4 Å². The van der Waals surface area contributed by atoms with Gasteiger partial charge in [0.2, 0.25) is 5.91 Å². The van der Waals surface area contributed by atoms with Gasteiger partial charge in [-0.2, -0.15) is 13.2 Å². The van der Waals surface area contributed by atoms with E-state index in [2.05, 4.69) is 15.6 Å². The lowest BCUT2D eigenvalue weighted by atomic mass is 10.2. The first kappa shape index (κ1) is 23.6. The van der Waals surface area contributed by atoms with Crippen LogP contribution in [0, 0.1) is 0 Å². The summed E-state index contributed by atoms with van der Waals surface area (Å²) < 4.78 is 42.1. The molecule has 0 bridgehead atoms. The Morgan fingerprint density at radius 3 is 2.43 bits per heavy atom. The largest absolute Gasteiger partial charge is 0.484 e. The molecule has 1 aromatic carbocycles. The van der Waals surface area contributed by atoms with Crippen LogP contribution in [0.15, 0.2) is 29.3 Å². The lowest BCUT2D eigenvalue weighted by Gasteiger charge is -2.19. The normalized spacial score (nSPS) is 11.9. The standard InChI is InChI=1S/C19H29F3N4O2/c1-4-23-18(24-12-11-17(27)26(5-2)6-3)25-13-15-9-7-8-10-16(15)28-14-19(20,21)22/h7-10H,4-6,11-14H2,1-3H3,(H2,23,24,25). The molecule has 9 heteroatoms. The van der Waals surface area contributed by atoms with Crippen LogP contribution in [0.25, 0.3) is 0 Å². The summed E-state index contributed by atoms with van der Waals surface area (Å²) >= 11 is 0. The Labute approximate surface area is 164 Å². The number of carbonyl (C=O) groups excluding carboxylic acids is 1. The highest BCUT2D eigenvalue weighted by Crippen LogP contribution is 2.22. The minimum absolute atomic E-state index is 0.0549. The van der Waals surface area contributed by atoms with Gasteiger partial charge in [0.15, 0.2) is 12.6 Å². The summed E-state index contributed by atoms with van der Waals surface area (Å²) in [4.78, 5) is 18.2. The number of alkyl halides is 3. The van der Waals surface area contributed by atoms with Gasteiger partial charge in [-0.25, -0.2) is 4.99 Å². The highest BCUT2D eigenvalue weighted by Gasteiger charge is 2.28. The van der Waals surface area contributed by atoms with Crippen LogP contribution in [0.4, 0.5) is 13.2 Å². The van der Waals surface area contributed by atoms with Crippen LogP contribution >= 0.6 is 0 Å². The molecule has 0 aliphatic carbocycles. The van der Waals surface area contributed by atoms with Crippen LogP contribution in [-0.2, 0) is 11.3 Å². The number of nitrogens with zero attached hydrogens (tertiary/aromatic N) is 2. The Balaban J connectivity index is 2.68. The number of nitrogens with one attached hydrogen (secondary N) is 2. The van der Waals surface area contributed by atoms with Crippen LogP contribution in [0.1, 0.15) is 32.8 Å². The van der Waals surface area contributed by atoms with Crippen molar-refractivity contribution in [2.45, 2.75) is 39.9 Å². The van der Waals surface area contributed by atoms with Gasteiger partial charge < -0.3 is 20.3 Å². The van der Waals surface area contributed by atoms with Gasteiger partial charge in [-0.15, -0.1) is 0 Å². The molecule has 0 aliphatic heterocycles. The van der Waals surface area contributed by atoms with Gasteiger partial charge in [0.1, 0.15) is 5.75 Å². The molecular weight excluding hydrogens is 373 g/mol. The van der Waals surface area contributed by atoms with E-state index in [0.717, 1.165) is 0 Å². The average molecular weight is 402 g/mol. The SMILES string of the molecule is CCNC(=NCc1ccccc1OCC(F)(F)F)NCCC(=O)N(CC)CC. The fraction of sp³-hybridized carbons (Fsp3) is 0.579. The van der Waals surface area contributed by atoms with Crippen LogP contribution in [0.3, 0.4) is 0 Å². The molecule has 2 N–H and O–H groups in total. The summed E-state index contributed by atoms with van der Waals surface area (Å²) in [5.41, 5.74) is 0.545. The van der Waals surface area contributed by atoms with Gasteiger partial charge in [-0.05, 0) is 26.8 Å². The molecule has 6 nitrogen and oxygen atoms in total. The van der Waals surface area contributed by atoms with E-state index in [9.17, 15) is 18.0 Å². The Morgan fingerprint density at radius 2 is 1.82 bits per heavy atom. The highest BCUT2D eigenvalue weighted by molar-refractivity contribution is 5.81. The first-order valence-electron chi connectivity index (χ1n) is 9.38. The van der Waals surface area contributed by atoms with Crippen molar-refractivity contribution in [3.05, 3.63) is 29.8 Å². The maximum Gasteiger partial charge on any atom is 0.422 e. The predicted octanol–water partition coefficient (Wildman–Crippen LogP) is 2.94. The van der Waals surface area contributed by atoms with Crippen molar-refractivity contribution in [1.29, 1.82) is 0 Å². The molecule has 0 spiro atoms. The monoisotopic (exact) mass is 402 g/mol. The van der Waals surface area contributed by atoms with Gasteiger partial charge in [0.05, 0.1) is 6.54 Å². The van der Waals surface area contributed by atoms with Gasteiger partial charge >= 0.3 is 6.18 Å². The first-order chi connectivity index (χ1) is 13.3. The first-order valence-corrected chi connectivity index (χ1v) is 9.38. The van der Waals surface area contributed by atoms with Gasteiger partial charge in [0, 0.05) is 38.2 Å². The molecule has 1 amide bonds. The second-order valence-corrected chi connectivity index (χ2v) is 5.95. The summed E-state index contributed by atoms with van der Waals surface area (Å²) in [5.74, 6) is 0.691. The van der Waals surface area contributed by atoms with Crippen LogP contribution in [0.5, 0.6) is 5.75 Å². The number of hydrogen-bond acceptors (Lipinski definition) is 3. The minimum Gasteiger partial charge on any atom is -0.484 e. The number of amides is 1. The number of carbonyl (C=O) groups is 1. The molecule has 28 heavy (non-hydrogen) atoms. The van der Waals surface area contributed by atoms with Crippen molar-refractivity contribution in [2.24, 2.45) is 4.99 Å². The van der Waals surface area contributed by atoms with Crippen molar-refractivity contribution >= 4 is 11.9 Å². The van der Waals surface area contributed by atoms with Gasteiger partial charge in [-0.1, -0.05) is 18.2 Å². The number of aliphatic imine (C=N–C) groups is 1. The van der Waals surface area contributed by atoms with E-state index in [1.807, 2.05) is 20.8 Å². The topological polar surface area (TPSA) is 66.0 Å². The number of hydrogen-bond donors (Lipinski definition) is 2. The third-order valence-electron chi connectivity index (χ3n) is 3.86. The third kappa shape index (κ3) is 8.96. The van der Waals surface area contributed by atoms with E-state index in [-0.39, 0.29) is 18.2 Å². The molecule has 0 aliphatic rings. The Morgan fingerprint density at radius 1 is 1.14 bits per heavy atom. The molecule has 0 atom stereocenters. The Hall–Kier alpha value is -2.45. The molecule has 0 fully saturated rings. The molecule has 0 heterocycles. The zero-order chi connectivity index (χ0) is 21.0. The second-order valence-electron chi connectivity index (χ2n) is 5.95. The van der Waals surface area contributed by atoms with Crippen molar-refractivity contribution in [2.75, 3.05) is 32.8 Å². The van der Waals surface area contributed by atoms with Gasteiger partial charge in [-0.3, -0.25) is 4.79 Å². The molecule has 1 rings (SSSR count). The lowest BCUT2D eigenvalue weighted by molar-refractivity contribution is -0.153. The smallest absolute Gasteiger partial charge is 0.422 e. The Bertz CT molecular complexity index is 632. The van der Waals surface area contributed by atoms with E-state index < -0.39 is 12.8 Å². The zero-order valence-electron chi connectivity index (χ0n) is 16.6. The van der Waals surface area contributed by atoms with E-state index in [0.29, 0.717) is 44.1 Å². The maximum absolute atomic E-state index is 12.4. The quantitative estimate of drug-likeness (QED) is 0.467. The van der Waals surface area contributed by atoms with Crippen LogP contribution in [0.2, 0.25) is 0 Å². The van der Waals surface area contributed by atoms with Gasteiger partial charge in [0.25, 0.3) is 0 Å². The number of rotatable bonds is 10. The van der Waals surface area contributed by atoms with E-state index in [1.54, 1.807) is 23.1 Å². The molecular formula is C19H29F3N4O2. The fourth-order valence-corrected chi connectivity index (χ4v) is 2.46. The second kappa shape index (κ2) is 12.1. The number of halogens is 3.